The molecule has 0 aromatic heterocycles. The van der Waals surface area contributed by atoms with Crippen LogP contribution in [0.4, 0.5) is 11.4 Å². The van der Waals surface area contributed by atoms with Crippen LogP contribution >= 0.6 is 0 Å². The quantitative estimate of drug-likeness (QED) is 0.200. The monoisotopic (exact) mass is 564 g/mol. The summed E-state index contributed by atoms with van der Waals surface area (Å²) in [7, 11) is 0. The first-order valence-electron chi connectivity index (χ1n) is 12.7. The summed E-state index contributed by atoms with van der Waals surface area (Å²) in [5.41, 5.74) is -1.37. The van der Waals surface area contributed by atoms with Gasteiger partial charge in [0.05, 0.1) is 34.4 Å². The van der Waals surface area contributed by atoms with Crippen molar-refractivity contribution < 1.29 is 49.5 Å². The van der Waals surface area contributed by atoms with Gasteiger partial charge in [-0.25, -0.2) is 0 Å². The van der Waals surface area contributed by atoms with Crippen LogP contribution < -0.4 is 20.8 Å². The number of carbonyl (C=O) groups excluding carboxylic acids is 2. The van der Waals surface area contributed by atoms with Crippen molar-refractivity contribution in [2.45, 2.75) is 90.1 Å². The fourth-order valence-electron chi connectivity index (χ4n) is 3.88. The van der Waals surface area contributed by atoms with E-state index in [9.17, 15) is 30.0 Å². The second-order valence-corrected chi connectivity index (χ2v) is 8.94. The molecule has 8 nitrogen and oxygen atoms in total. The van der Waals surface area contributed by atoms with Gasteiger partial charge in [0.25, 0.3) is 0 Å². The number of phenolic OH excluding ortho intramolecular Hbond substituents is 2. The zero-order valence-corrected chi connectivity index (χ0v) is 25.5. The number of aliphatic carboxylic acids is 2. The molecule has 200 valence electrons. The van der Waals surface area contributed by atoms with Crippen molar-refractivity contribution in [1.82, 2.24) is 0 Å². The minimum Gasteiger partial charge on any atom is -0.548 e. The third-order valence-electron chi connectivity index (χ3n) is 6.46. The van der Waals surface area contributed by atoms with Gasteiger partial charge in [0, 0.05) is 0 Å². The van der Waals surface area contributed by atoms with Gasteiger partial charge in [-0.05, 0) is 49.9 Å². The maximum absolute atomic E-state index is 11.4. The molecule has 4 N–H and O–H groups in total. The number of hydrogen-bond donors (Lipinski definition) is 4. The number of para-hydroxylation sites is 4. The normalized spacial score (nSPS) is 13.5. The van der Waals surface area contributed by atoms with Crippen LogP contribution in [0.5, 0.6) is 11.5 Å². The fraction of sp³-hybridized carbons (Fsp3) is 0.500. The second kappa shape index (κ2) is 16.9. The first-order valence-corrected chi connectivity index (χ1v) is 12.7. The van der Waals surface area contributed by atoms with Crippen LogP contribution in [-0.4, -0.2) is 33.2 Å². The minimum atomic E-state index is -1.12. The van der Waals surface area contributed by atoms with Crippen LogP contribution in [0.15, 0.2) is 48.5 Å². The molecule has 0 saturated carbocycles. The molecule has 0 spiro atoms. The SMILES string of the molecule is CCCCC(CC)(Nc1ccccc1O)C(=O)[O-].CCCCC(CC)(Nc1ccccc1O)C(=O)[O-].[Zn+2]. The summed E-state index contributed by atoms with van der Waals surface area (Å²) in [6.45, 7) is 7.63. The number of rotatable bonds is 14. The summed E-state index contributed by atoms with van der Waals surface area (Å²) < 4.78 is 0. The third-order valence-corrected chi connectivity index (χ3v) is 6.46. The smallest absolute Gasteiger partial charge is 0.548 e. The topological polar surface area (TPSA) is 145 Å². The van der Waals surface area contributed by atoms with Crippen molar-refractivity contribution in [3.8, 4) is 11.5 Å². The second-order valence-electron chi connectivity index (χ2n) is 8.94. The number of aromatic hydroxyl groups is 2. The van der Waals surface area contributed by atoms with E-state index in [2.05, 4.69) is 10.6 Å². The van der Waals surface area contributed by atoms with E-state index in [-0.39, 0.29) is 31.0 Å². The van der Waals surface area contributed by atoms with Crippen LogP contribution in [0.3, 0.4) is 0 Å². The minimum absolute atomic E-state index is 0. The van der Waals surface area contributed by atoms with Gasteiger partial charge in [0.2, 0.25) is 0 Å². The van der Waals surface area contributed by atoms with Crippen LogP contribution in [-0.2, 0) is 29.1 Å². The third kappa shape index (κ3) is 9.88. The Kier molecular flexibility index (Phi) is 15.6. The number of hydrogen-bond acceptors (Lipinski definition) is 8. The van der Waals surface area contributed by atoms with E-state index < -0.39 is 23.0 Å². The maximum atomic E-state index is 11.4. The summed E-state index contributed by atoms with van der Waals surface area (Å²) in [5, 5.41) is 48.1. The van der Waals surface area contributed by atoms with Gasteiger partial charge in [-0.2, -0.15) is 0 Å². The molecule has 0 aliphatic carbocycles. The number of carboxylic acids is 2. The Morgan fingerprint density at radius 2 is 1.03 bits per heavy atom. The van der Waals surface area contributed by atoms with Gasteiger partial charge in [0.1, 0.15) is 11.5 Å². The molecule has 0 aliphatic heterocycles. The van der Waals surface area contributed by atoms with E-state index in [1.54, 1.807) is 50.2 Å². The largest absolute Gasteiger partial charge is 2.00 e. The van der Waals surface area contributed by atoms with Crippen LogP contribution in [0.1, 0.15) is 79.1 Å². The van der Waals surface area contributed by atoms with Gasteiger partial charge in [-0.15, -0.1) is 0 Å². The average molecular weight is 566 g/mol. The number of nitrogens with one attached hydrogen (secondary N) is 2. The number of carbonyl (C=O) groups is 2. The molecule has 2 atom stereocenters. The first-order chi connectivity index (χ1) is 17.1. The Bertz CT molecular complexity index is 896. The molecular weight excluding hydrogens is 526 g/mol. The van der Waals surface area contributed by atoms with E-state index in [0.717, 1.165) is 25.7 Å². The van der Waals surface area contributed by atoms with E-state index >= 15 is 0 Å². The number of carboxylic acid groups (broad SMARTS) is 2. The van der Waals surface area contributed by atoms with Gasteiger partial charge >= 0.3 is 19.5 Å². The summed E-state index contributed by atoms with van der Waals surface area (Å²) in [4.78, 5) is 22.8. The Labute approximate surface area is 233 Å². The maximum Gasteiger partial charge on any atom is 2.00 e. The number of anilines is 2. The zero-order valence-electron chi connectivity index (χ0n) is 22.5. The molecule has 2 aromatic carbocycles. The molecule has 0 bridgehead atoms. The van der Waals surface area contributed by atoms with Crippen molar-refractivity contribution in [1.29, 1.82) is 0 Å². The van der Waals surface area contributed by atoms with Crippen molar-refractivity contribution in [3.63, 3.8) is 0 Å². The Hall–Kier alpha value is -2.80. The fourth-order valence-corrected chi connectivity index (χ4v) is 3.88. The predicted octanol–water partition coefficient (Wildman–Crippen LogP) is 3.78. The van der Waals surface area contributed by atoms with E-state index in [4.69, 9.17) is 0 Å². The van der Waals surface area contributed by atoms with E-state index in [0.29, 0.717) is 37.1 Å². The first kappa shape index (κ1) is 34.2. The van der Waals surface area contributed by atoms with E-state index in [1.165, 1.54) is 12.1 Å². The van der Waals surface area contributed by atoms with Crippen LogP contribution in [0.2, 0.25) is 0 Å². The number of benzene rings is 2. The van der Waals surface area contributed by atoms with Crippen molar-refractivity contribution in [3.05, 3.63) is 48.5 Å². The predicted molar refractivity (Wildman–Crippen MR) is 139 cm³/mol. The molecule has 2 unspecified atom stereocenters. The summed E-state index contributed by atoms with van der Waals surface area (Å²) in [5.74, 6) is -2.15. The molecule has 9 heteroatoms. The van der Waals surface area contributed by atoms with Crippen molar-refractivity contribution in [2.75, 3.05) is 10.6 Å². The molecule has 0 amide bonds. The standard InChI is InChI=1S/2C14H21NO3.Zn/c2*1-3-5-10-14(4-2,13(17)18)15-11-8-6-7-9-12(11)16;/h2*6-9,15-16H,3-5,10H2,1-2H3,(H,17,18);/q;;+2/p-2. The average Bonchev–Trinajstić information content (AvgIpc) is 2.87. The summed E-state index contributed by atoms with van der Waals surface area (Å²) in [6.07, 6.45) is 5.19. The molecule has 0 fully saturated rings. The number of phenols is 2. The molecule has 2 rings (SSSR count). The summed E-state index contributed by atoms with van der Waals surface area (Å²) >= 11 is 0. The van der Waals surface area contributed by atoms with Crippen molar-refractivity contribution >= 4 is 23.3 Å². The molecule has 37 heavy (non-hydrogen) atoms. The van der Waals surface area contributed by atoms with Gasteiger partial charge in [-0.3, -0.25) is 0 Å². The molecule has 0 aliphatic rings. The molecular formula is C28H40N2O6Zn. The van der Waals surface area contributed by atoms with Gasteiger partial charge < -0.3 is 40.6 Å². The molecule has 0 radical (unpaired) electrons. The van der Waals surface area contributed by atoms with Crippen LogP contribution in [0, 0.1) is 0 Å². The molecule has 0 saturated heterocycles. The number of unbranched alkanes of at least 4 members (excludes halogenated alkanes) is 2. The molecule has 0 heterocycles. The van der Waals surface area contributed by atoms with Crippen molar-refractivity contribution in [2.24, 2.45) is 0 Å². The van der Waals surface area contributed by atoms with E-state index in [1.807, 2.05) is 13.8 Å². The van der Waals surface area contributed by atoms with Crippen LogP contribution in [0.25, 0.3) is 0 Å². The Morgan fingerprint density at radius 3 is 1.27 bits per heavy atom. The summed E-state index contributed by atoms with van der Waals surface area (Å²) in [6, 6.07) is 13.3. The Balaban J connectivity index is 0.000000682. The molecule has 2 aromatic rings. The van der Waals surface area contributed by atoms with Gasteiger partial charge in [0.15, 0.2) is 0 Å². The Morgan fingerprint density at radius 1 is 0.703 bits per heavy atom. The zero-order chi connectivity index (χ0) is 27.2. The van der Waals surface area contributed by atoms with Gasteiger partial charge in [-0.1, -0.05) is 77.6 Å².